The van der Waals surface area contributed by atoms with Crippen LogP contribution < -0.4 is 0 Å². The molecule has 0 heterocycles. The third-order valence-corrected chi connectivity index (χ3v) is 3.63. The van der Waals surface area contributed by atoms with Crippen molar-refractivity contribution in [3.05, 3.63) is 35.4 Å². The van der Waals surface area contributed by atoms with Gasteiger partial charge >= 0.3 is 0 Å². The maximum atomic E-state index is 4.06. The van der Waals surface area contributed by atoms with E-state index >= 15 is 0 Å². The summed E-state index contributed by atoms with van der Waals surface area (Å²) < 4.78 is 5.11. The second kappa shape index (κ2) is 4.39. The average molecular weight is 371 g/mol. The van der Waals surface area contributed by atoms with Gasteiger partial charge in [0.1, 0.15) is 3.72 Å². The number of rotatable bonds is 1. The summed E-state index contributed by atoms with van der Waals surface area (Å²) in [4.78, 5) is 0. The summed E-state index contributed by atoms with van der Waals surface area (Å²) in [7, 11) is 0. The topological polar surface area (TPSA) is 12.4 Å². The predicted octanol–water partition coefficient (Wildman–Crippen LogP) is 3.53. The van der Waals surface area contributed by atoms with Crippen molar-refractivity contribution in [2.45, 2.75) is 6.92 Å². The minimum absolute atomic E-state index is 1.04. The van der Waals surface area contributed by atoms with Gasteiger partial charge in [-0.15, -0.1) is 0 Å². The van der Waals surface area contributed by atoms with Crippen LogP contribution in [0.5, 0.6) is 0 Å². The number of halogens is 2. The highest BCUT2D eigenvalue weighted by molar-refractivity contribution is 14.1. The Balaban J connectivity index is 2.99. The normalized spacial score (nSPS) is 11.7. The molecule has 1 nitrogen and oxygen atoms in total. The lowest BCUT2D eigenvalue weighted by atomic mass is 10.2. The highest BCUT2D eigenvalue weighted by Crippen LogP contribution is 2.10. The largest absolute Gasteiger partial charge is 0.208 e. The second-order valence-corrected chi connectivity index (χ2v) is 3.75. The van der Waals surface area contributed by atoms with Crippen LogP contribution in [-0.4, -0.2) is 3.72 Å². The fraction of sp³-hybridized carbons (Fsp3) is 0.125. The number of nitrogens with zero attached hydrogens (tertiary/aromatic N) is 1. The van der Waals surface area contributed by atoms with Crippen LogP contribution in [-0.2, 0) is 0 Å². The van der Waals surface area contributed by atoms with Gasteiger partial charge in [-0.2, -0.15) is 0 Å². The Hall–Kier alpha value is 0.350. The van der Waals surface area contributed by atoms with Crippen molar-refractivity contribution in [2.24, 2.45) is 3.21 Å². The molecule has 58 valence electrons. The summed E-state index contributed by atoms with van der Waals surface area (Å²) in [5.74, 6) is 0. The number of aryl methyl sites for hydroxylation is 1. The first kappa shape index (κ1) is 9.44. The van der Waals surface area contributed by atoms with Crippen molar-refractivity contribution in [3.63, 3.8) is 0 Å². The summed E-state index contributed by atoms with van der Waals surface area (Å²) in [5, 5.41) is 0. The van der Waals surface area contributed by atoms with E-state index in [4.69, 9.17) is 0 Å². The van der Waals surface area contributed by atoms with E-state index in [-0.39, 0.29) is 0 Å². The molecule has 0 saturated carbocycles. The van der Waals surface area contributed by atoms with E-state index in [0.717, 1.165) is 3.72 Å². The molecule has 0 saturated heterocycles. The van der Waals surface area contributed by atoms with Gasteiger partial charge in [0.05, 0.1) is 22.9 Å². The number of hydrogen-bond acceptors (Lipinski definition) is 1. The van der Waals surface area contributed by atoms with E-state index in [9.17, 15) is 0 Å². The average Bonchev–Trinajstić information content (AvgIpc) is 2.05. The Morgan fingerprint density at radius 3 is 2.27 bits per heavy atom. The minimum atomic E-state index is 1.04. The predicted molar refractivity (Wildman–Crippen MR) is 65.8 cm³/mol. The Labute approximate surface area is 93.9 Å². The SMILES string of the molecule is Cc1ccc(C(I)=NI)cc1. The smallest absolute Gasteiger partial charge is 0.115 e. The molecule has 0 radical (unpaired) electrons. The summed E-state index contributed by atoms with van der Waals surface area (Å²) in [6.45, 7) is 2.08. The summed E-state index contributed by atoms with van der Waals surface area (Å²) in [6.07, 6.45) is 0. The first-order chi connectivity index (χ1) is 5.24. The zero-order valence-corrected chi connectivity index (χ0v) is 10.3. The summed E-state index contributed by atoms with van der Waals surface area (Å²) >= 11 is 4.23. The van der Waals surface area contributed by atoms with E-state index in [1.807, 2.05) is 22.9 Å². The van der Waals surface area contributed by atoms with Crippen molar-refractivity contribution < 1.29 is 0 Å². The van der Waals surface area contributed by atoms with Crippen molar-refractivity contribution in [2.75, 3.05) is 0 Å². The third kappa shape index (κ3) is 2.70. The maximum Gasteiger partial charge on any atom is 0.115 e. The molecule has 1 aromatic rings. The quantitative estimate of drug-likeness (QED) is 0.529. The lowest BCUT2D eigenvalue weighted by Crippen LogP contribution is -1.87. The molecule has 0 amide bonds. The molecule has 3 heteroatoms. The van der Waals surface area contributed by atoms with Gasteiger partial charge in [-0.25, -0.2) is 3.21 Å². The van der Waals surface area contributed by atoms with E-state index in [1.165, 1.54) is 11.1 Å². The minimum Gasteiger partial charge on any atom is -0.208 e. The zero-order chi connectivity index (χ0) is 8.27. The number of hydrogen-bond donors (Lipinski definition) is 0. The Morgan fingerprint density at radius 1 is 1.27 bits per heavy atom. The number of benzene rings is 1. The molecule has 1 aromatic carbocycles. The van der Waals surface area contributed by atoms with Crippen molar-refractivity contribution in [3.8, 4) is 0 Å². The fourth-order valence-electron chi connectivity index (χ4n) is 0.740. The molecule has 0 N–H and O–H groups in total. The van der Waals surface area contributed by atoms with Crippen molar-refractivity contribution >= 4 is 49.2 Å². The van der Waals surface area contributed by atoms with Crippen LogP contribution in [0.15, 0.2) is 27.5 Å². The monoisotopic (exact) mass is 371 g/mol. The lowest BCUT2D eigenvalue weighted by molar-refractivity contribution is 1.47. The van der Waals surface area contributed by atoms with Gasteiger partial charge in [0.15, 0.2) is 0 Å². The molecule has 0 aliphatic carbocycles. The standard InChI is InChI=1S/C8H7I2N/c1-6-2-4-7(5-3-6)8(9)11-10/h2-5H,1H3. The van der Waals surface area contributed by atoms with E-state index in [2.05, 4.69) is 57.0 Å². The lowest BCUT2D eigenvalue weighted by Gasteiger charge is -1.96. The van der Waals surface area contributed by atoms with Crippen LogP contribution in [0.1, 0.15) is 11.1 Å². The molecule has 0 atom stereocenters. The fourth-order valence-corrected chi connectivity index (χ4v) is 1.38. The molecule has 0 unspecified atom stereocenters. The van der Waals surface area contributed by atoms with Gasteiger partial charge in [0.2, 0.25) is 0 Å². The van der Waals surface area contributed by atoms with Crippen molar-refractivity contribution in [1.29, 1.82) is 0 Å². The van der Waals surface area contributed by atoms with E-state index in [1.54, 1.807) is 0 Å². The van der Waals surface area contributed by atoms with Gasteiger partial charge in [-0.1, -0.05) is 29.8 Å². The molecular formula is C8H7I2N. The van der Waals surface area contributed by atoms with Crippen molar-refractivity contribution in [1.82, 2.24) is 0 Å². The summed E-state index contributed by atoms with van der Waals surface area (Å²) in [6, 6.07) is 8.35. The van der Waals surface area contributed by atoms with Crippen LogP contribution in [0.4, 0.5) is 0 Å². The van der Waals surface area contributed by atoms with E-state index < -0.39 is 0 Å². The van der Waals surface area contributed by atoms with Gasteiger partial charge in [-0.3, -0.25) is 0 Å². The maximum absolute atomic E-state index is 4.06. The summed E-state index contributed by atoms with van der Waals surface area (Å²) in [5.41, 5.74) is 2.47. The molecular weight excluding hydrogens is 364 g/mol. The molecule has 1 rings (SSSR count). The zero-order valence-electron chi connectivity index (χ0n) is 6.01. The van der Waals surface area contributed by atoms with Gasteiger partial charge in [-0.05, 0) is 29.5 Å². The highest BCUT2D eigenvalue weighted by Gasteiger charge is 1.95. The molecule has 0 fully saturated rings. The molecule has 0 aliphatic heterocycles. The van der Waals surface area contributed by atoms with Crippen LogP contribution >= 0.6 is 45.5 Å². The first-order valence-electron chi connectivity index (χ1n) is 3.15. The highest BCUT2D eigenvalue weighted by atomic mass is 127. The Bertz CT molecular complexity index is 264. The van der Waals surface area contributed by atoms with Crippen LogP contribution in [0, 0.1) is 6.92 Å². The van der Waals surface area contributed by atoms with Crippen LogP contribution in [0.3, 0.4) is 0 Å². The van der Waals surface area contributed by atoms with Gasteiger partial charge < -0.3 is 0 Å². The molecule has 0 aromatic heterocycles. The van der Waals surface area contributed by atoms with Gasteiger partial charge in [0, 0.05) is 5.56 Å². The second-order valence-electron chi connectivity index (χ2n) is 2.24. The molecule has 0 spiro atoms. The molecule has 0 aliphatic rings. The van der Waals surface area contributed by atoms with Crippen LogP contribution in [0.25, 0.3) is 0 Å². The first-order valence-corrected chi connectivity index (χ1v) is 5.20. The van der Waals surface area contributed by atoms with Gasteiger partial charge in [0.25, 0.3) is 0 Å². The third-order valence-electron chi connectivity index (χ3n) is 1.36. The Morgan fingerprint density at radius 2 is 1.82 bits per heavy atom. The Kier molecular flexibility index (Phi) is 3.77. The molecule has 0 bridgehead atoms. The van der Waals surface area contributed by atoms with E-state index in [0.29, 0.717) is 0 Å². The molecule has 11 heavy (non-hydrogen) atoms. The van der Waals surface area contributed by atoms with Crippen LogP contribution in [0.2, 0.25) is 0 Å².